The van der Waals surface area contributed by atoms with Crippen LogP contribution in [-0.2, 0) is 0 Å². The molecule has 0 aromatic rings. The Kier molecular flexibility index (Phi) is 8.93. The SMILES string of the molecule is C[I-]CCNCI. The summed E-state index contributed by atoms with van der Waals surface area (Å²) >= 11 is 2.86. The molecule has 0 spiro atoms. The van der Waals surface area contributed by atoms with E-state index in [1.807, 2.05) is 0 Å². The second-order valence-corrected chi connectivity index (χ2v) is 4.46. The van der Waals surface area contributed by atoms with Crippen LogP contribution in [0.4, 0.5) is 0 Å². The molecular formula is C4H10I2N-. The Labute approximate surface area is 69.0 Å². The Morgan fingerprint density at radius 1 is 1.71 bits per heavy atom. The third-order valence-electron chi connectivity index (χ3n) is 0.555. The fraction of sp³-hybridized carbons (Fsp3) is 1.00. The van der Waals surface area contributed by atoms with Crippen molar-refractivity contribution < 1.29 is 21.2 Å². The summed E-state index contributed by atoms with van der Waals surface area (Å²) < 4.78 is 2.52. The maximum atomic E-state index is 3.26. The summed E-state index contributed by atoms with van der Waals surface area (Å²) in [6, 6.07) is 0. The molecule has 0 amide bonds. The number of nitrogens with one attached hydrogen (secondary N) is 1. The van der Waals surface area contributed by atoms with Gasteiger partial charge in [0.2, 0.25) is 0 Å². The Balaban J connectivity index is 2.45. The molecule has 3 heteroatoms. The van der Waals surface area contributed by atoms with Crippen LogP contribution in [0.15, 0.2) is 0 Å². The van der Waals surface area contributed by atoms with Crippen molar-refractivity contribution >= 4 is 22.6 Å². The zero-order valence-electron chi connectivity index (χ0n) is 4.38. The van der Waals surface area contributed by atoms with E-state index >= 15 is 0 Å². The van der Waals surface area contributed by atoms with Gasteiger partial charge in [0.15, 0.2) is 0 Å². The van der Waals surface area contributed by atoms with Gasteiger partial charge in [-0.2, -0.15) is 0 Å². The molecule has 0 atom stereocenters. The van der Waals surface area contributed by atoms with Crippen LogP contribution in [0.3, 0.4) is 0 Å². The van der Waals surface area contributed by atoms with E-state index in [9.17, 15) is 0 Å². The van der Waals surface area contributed by atoms with Crippen LogP contribution in [-0.4, -0.2) is 20.5 Å². The molecule has 1 N–H and O–H groups in total. The fourth-order valence-corrected chi connectivity index (χ4v) is 1.53. The molecule has 0 saturated heterocycles. The third kappa shape index (κ3) is 7.42. The number of hydrogen-bond donors (Lipinski definition) is 1. The molecule has 0 unspecified atom stereocenters. The first-order valence-corrected chi connectivity index (χ1v) is 7.33. The Bertz CT molecular complexity index is 28.9. The summed E-state index contributed by atoms with van der Waals surface area (Å²) in [5.74, 6) is 0. The van der Waals surface area contributed by atoms with Gasteiger partial charge in [0, 0.05) is 0 Å². The fourth-order valence-electron chi connectivity index (χ4n) is 0.228. The number of hydrogen-bond acceptors (Lipinski definition) is 1. The molecule has 0 aliphatic carbocycles. The van der Waals surface area contributed by atoms with Gasteiger partial charge < -0.3 is 0 Å². The van der Waals surface area contributed by atoms with Gasteiger partial charge in [0.05, 0.1) is 0 Å². The van der Waals surface area contributed by atoms with Crippen molar-refractivity contribution in [2.45, 2.75) is 0 Å². The second-order valence-electron chi connectivity index (χ2n) is 1.09. The van der Waals surface area contributed by atoms with Crippen molar-refractivity contribution in [3.05, 3.63) is 0 Å². The molecule has 46 valence electrons. The van der Waals surface area contributed by atoms with Gasteiger partial charge in [-0.05, 0) is 0 Å². The molecule has 0 heterocycles. The molecule has 7 heavy (non-hydrogen) atoms. The molecule has 0 aromatic carbocycles. The summed E-state index contributed by atoms with van der Waals surface area (Å²) in [7, 11) is 0. The van der Waals surface area contributed by atoms with Crippen LogP contribution in [0.1, 0.15) is 0 Å². The van der Waals surface area contributed by atoms with E-state index in [2.05, 4.69) is 32.8 Å². The zero-order chi connectivity index (χ0) is 5.54. The van der Waals surface area contributed by atoms with E-state index in [-0.39, 0.29) is 0 Å². The summed E-state index contributed by atoms with van der Waals surface area (Å²) in [5.41, 5.74) is 0. The van der Waals surface area contributed by atoms with Gasteiger partial charge in [-0.15, -0.1) is 0 Å². The number of halogens is 2. The van der Waals surface area contributed by atoms with Crippen molar-refractivity contribution in [3.8, 4) is 0 Å². The van der Waals surface area contributed by atoms with Crippen molar-refractivity contribution in [2.24, 2.45) is 0 Å². The van der Waals surface area contributed by atoms with Crippen molar-refractivity contribution in [3.63, 3.8) is 0 Å². The average Bonchev–Trinajstić information content (AvgIpc) is 1.69. The van der Waals surface area contributed by atoms with Crippen molar-refractivity contribution in [2.75, 3.05) is 20.5 Å². The zero-order valence-corrected chi connectivity index (χ0v) is 8.69. The average molecular weight is 326 g/mol. The minimum atomic E-state index is 0.529. The molecule has 0 fully saturated rings. The van der Waals surface area contributed by atoms with Gasteiger partial charge in [0.1, 0.15) is 0 Å². The Morgan fingerprint density at radius 2 is 2.43 bits per heavy atom. The summed E-state index contributed by atoms with van der Waals surface area (Å²) in [6.45, 7) is 1.23. The van der Waals surface area contributed by atoms with E-state index in [1.165, 1.54) is 11.0 Å². The predicted octanol–water partition coefficient (Wildman–Crippen LogP) is -2.31. The topological polar surface area (TPSA) is 12.0 Å². The molecule has 0 saturated carbocycles. The molecule has 0 radical (unpaired) electrons. The van der Waals surface area contributed by atoms with Crippen molar-refractivity contribution in [1.82, 2.24) is 5.32 Å². The first-order valence-electron chi connectivity index (χ1n) is 2.12. The summed E-state index contributed by atoms with van der Waals surface area (Å²) in [5, 5.41) is 3.26. The number of rotatable bonds is 4. The van der Waals surface area contributed by atoms with E-state index in [0.717, 1.165) is 4.55 Å². The minimum absolute atomic E-state index is 0.529. The van der Waals surface area contributed by atoms with Crippen LogP contribution in [0.5, 0.6) is 0 Å². The standard InChI is InChI=1S/C4H10I2N/c1-6-2-3-7-4-5/h7H,2-4H2,1H3/q-1. The molecular weight excluding hydrogens is 316 g/mol. The van der Waals surface area contributed by atoms with E-state index < -0.39 is 0 Å². The third-order valence-corrected chi connectivity index (χ3v) is 2.71. The summed E-state index contributed by atoms with van der Waals surface area (Å²) in [4.78, 5) is 2.31. The molecule has 0 bridgehead atoms. The van der Waals surface area contributed by atoms with Gasteiger partial charge in [0.25, 0.3) is 0 Å². The van der Waals surface area contributed by atoms with Crippen LogP contribution in [0.2, 0.25) is 0 Å². The van der Waals surface area contributed by atoms with Crippen LogP contribution in [0.25, 0.3) is 0 Å². The van der Waals surface area contributed by atoms with E-state index in [0.29, 0.717) is 21.2 Å². The number of alkyl halides is 3. The normalized spacial score (nSPS) is 10.0. The van der Waals surface area contributed by atoms with Gasteiger partial charge in [-0.3, -0.25) is 0 Å². The van der Waals surface area contributed by atoms with E-state index in [1.54, 1.807) is 0 Å². The van der Waals surface area contributed by atoms with Crippen LogP contribution >= 0.6 is 22.6 Å². The van der Waals surface area contributed by atoms with Crippen LogP contribution < -0.4 is 26.5 Å². The van der Waals surface area contributed by atoms with Gasteiger partial charge in [-0.1, -0.05) is 0 Å². The van der Waals surface area contributed by atoms with Gasteiger partial charge >= 0.3 is 69.6 Å². The van der Waals surface area contributed by atoms with Gasteiger partial charge in [-0.25, -0.2) is 0 Å². The maximum absolute atomic E-state index is 3.26. The molecule has 0 aliphatic rings. The molecule has 1 nitrogen and oxygen atoms in total. The molecule has 0 rings (SSSR count). The first-order chi connectivity index (χ1) is 3.41. The molecule has 0 aromatic heterocycles. The second kappa shape index (κ2) is 7.42. The monoisotopic (exact) mass is 326 g/mol. The molecule has 0 aliphatic heterocycles. The van der Waals surface area contributed by atoms with Crippen LogP contribution in [0, 0.1) is 0 Å². The quantitative estimate of drug-likeness (QED) is 0.265. The van der Waals surface area contributed by atoms with Crippen molar-refractivity contribution in [1.29, 1.82) is 0 Å². The Hall–Kier alpha value is 1.42. The Morgan fingerprint density at radius 3 is 2.86 bits per heavy atom. The summed E-state index contributed by atoms with van der Waals surface area (Å²) in [6.07, 6.45) is 0. The first kappa shape index (κ1) is 8.42. The van der Waals surface area contributed by atoms with E-state index in [4.69, 9.17) is 0 Å². The predicted molar refractivity (Wildman–Crippen MR) is 37.7 cm³/mol.